The third-order valence-corrected chi connectivity index (χ3v) is 4.72. The van der Waals surface area contributed by atoms with Crippen LogP contribution in [0.5, 0.6) is 0 Å². The molecule has 0 aromatic heterocycles. The van der Waals surface area contributed by atoms with Crippen LogP contribution in [0, 0.1) is 0 Å². The minimum atomic E-state index is -3.67. The summed E-state index contributed by atoms with van der Waals surface area (Å²) in [5.74, 6) is -0.137. The van der Waals surface area contributed by atoms with Gasteiger partial charge >= 0.3 is 0 Å². The first kappa shape index (κ1) is 18.9. The first-order valence-electron chi connectivity index (χ1n) is 8.05. The van der Waals surface area contributed by atoms with Crippen LogP contribution in [-0.4, -0.2) is 20.9 Å². The Hall–Kier alpha value is -2.44. The highest BCUT2D eigenvalue weighted by Crippen LogP contribution is 2.17. The van der Waals surface area contributed by atoms with E-state index in [1.54, 1.807) is 18.2 Å². The molecule has 0 spiro atoms. The van der Waals surface area contributed by atoms with Gasteiger partial charge < -0.3 is 5.32 Å². The average Bonchev–Trinajstić information content (AvgIpc) is 2.60. The number of nitrogens with one attached hydrogen (secondary N) is 1. The summed E-state index contributed by atoms with van der Waals surface area (Å²) in [6.45, 7) is 2.48. The Morgan fingerprint density at radius 1 is 1.08 bits per heavy atom. The molecule has 2 aromatic carbocycles. The smallest absolute Gasteiger partial charge is 0.244 e. The summed E-state index contributed by atoms with van der Waals surface area (Å²) in [5.41, 5.74) is 2.95. The minimum Gasteiger partial charge on any atom is -0.352 e. The van der Waals surface area contributed by atoms with E-state index in [9.17, 15) is 13.2 Å². The first-order chi connectivity index (χ1) is 11.9. The highest BCUT2D eigenvalue weighted by Gasteiger charge is 2.07. The van der Waals surface area contributed by atoms with Gasteiger partial charge in [0.25, 0.3) is 0 Å². The number of primary sulfonamides is 1. The third-order valence-electron chi connectivity index (χ3n) is 3.80. The van der Waals surface area contributed by atoms with Gasteiger partial charge in [-0.15, -0.1) is 0 Å². The van der Waals surface area contributed by atoms with E-state index in [1.165, 1.54) is 12.1 Å². The number of hydrogen-bond acceptors (Lipinski definition) is 3. The van der Waals surface area contributed by atoms with Crippen molar-refractivity contribution in [2.24, 2.45) is 5.14 Å². The maximum Gasteiger partial charge on any atom is 0.244 e. The summed E-state index contributed by atoms with van der Waals surface area (Å²) in [6, 6.07) is 16.1. The zero-order valence-electron chi connectivity index (χ0n) is 14.1. The summed E-state index contributed by atoms with van der Waals surface area (Å²) in [5, 5.41) is 7.92. The molecule has 1 amide bonds. The number of rotatable bonds is 7. The second-order valence-electron chi connectivity index (χ2n) is 5.62. The SMILES string of the molecule is CC/C(=C\C(=O)NCCc1ccc(S(N)(=O)=O)cc1)c1ccccc1. The maximum atomic E-state index is 12.1. The molecule has 0 unspecified atom stereocenters. The zero-order valence-corrected chi connectivity index (χ0v) is 14.9. The van der Waals surface area contributed by atoms with E-state index in [-0.39, 0.29) is 10.8 Å². The van der Waals surface area contributed by atoms with Crippen LogP contribution in [0.4, 0.5) is 0 Å². The fourth-order valence-electron chi connectivity index (χ4n) is 2.43. The largest absolute Gasteiger partial charge is 0.352 e. The van der Waals surface area contributed by atoms with Crippen LogP contribution < -0.4 is 10.5 Å². The molecule has 25 heavy (non-hydrogen) atoms. The van der Waals surface area contributed by atoms with Gasteiger partial charge in [0.05, 0.1) is 4.90 Å². The molecule has 0 aliphatic carbocycles. The van der Waals surface area contributed by atoms with E-state index in [0.29, 0.717) is 13.0 Å². The van der Waals surface area contributed by atoms with Crippen LogP contribution in [0.2, 0.25) is 0 Å². The lowest BCUT2D eigenvalue weighted by Gasteiger charge is -2.07. The number of allylic oxidation sites excluding steroid dienone is 1. The van der Waals surface area contributed by atoms with Crippen molar-refractivity contribution in [3.63, 3.8) is 0 Å². The molecule has 2 aromatic rings. The van der Waals surface area contributed by atoms with Crippen molar-refractivity contribution in [3.8, 4) is 0 Å². The molecule has 0 saturated carbocycles. The van der Waals surface area contributed by atoms with Crippen molar-refractivity contribution >= 4 is 21.5 Å². The molecule has 0 aliphatic rings. The van der Waals surface area contributed by atoms with E-state index < -0.39 is 10.0 Å². The number of hydrogen-bond donors (Lipinski definition) is 2. The zero-order chi connectivity index (χ0) is 18.3. The van der Waals surface area contributed by atoms with E-state index in [4.69, 9.17) is 5.14 Å². The quantitative estimate of drug-likeness (QED) is 0.745. The fourth-order valence-corrected chi connectivity index (χ4v) is 2.94. The Balaban J connectivity index is 1.91. The summed E-state index contributed by atoms with van der Waals surface area (Å²) in [7, 11) is -3.67. The molecular formula is C19H22N2O3S. The van der Waals surface area contributed by atoms with Crippen molar-refractivity contribution in [2.75, 3.05) is 6.54 Å². The molecule has 0 aliphatic heterocycles. The highest BCUT2D eigenvalue weighted by molar-refractivity contribution is 7.89. The molecule has 0 fully saturated rings. The Morgan fingerprint density at radius 2 is 1.72 bits per heavy atom. The van der Waals surface area contributed by atoms with E-state index >= 15 is 0 Å². The molecule has 2 rings (SSSR count). The molecule has 132 valence electrons. The molecular weight excluding hydrogens is 336 g/mol. The number of carbonyl (C=O) groups excluding carboxylic acids is 1. The third kappa shape index (κ3) is 5.85. The highest BCUT2D eigenvalue weighted by atomic mass is 32.2. The Morgan fingerprint density at radius 3 is 2.28 bits per heavy atom. The summed E-state index contributed by atoms with van der Waals surface area (Å²) in [6.07, 6.45) is 3.00. The van der Waals surface area contributed by atoms with Crippen LogP contribution in [0.3, 0.4) is 0 Å². The summed E-state index contributed by atoms with van der Waals surface area (Å²) < 4.78 is 22.4. The number of benzene rings is 2. The Kier molecular flexibility index (Phi) is 6.50. The predicted octanol–water partition coefficient (Wildman–Crippen LogP) is 2.49. The first-order valence-corrected chi connectivity index (χ1v) is 9.60. The van der Waals surface area contributed by atoms with Gasteiger partial charge in [0.15, 0.2) is 0 Å². The lowest BCUT2D eigenvalue weighted by Crippen LogP contribution is -2.24. The topological polar surface area (TPSA) is 89.3 Å². The lowest BCUT2D eigenvalue weighted by molar-refractivity contribution is -0.116. The van der Waals surface area contributed by atoms with Crippen molar-refractivity contribution in [2.45, 2.75) is 24.7 Å². The number of carbonyl (C=O) groups is 1. The second-order valence-corrected chi connectivity index (χ2v) is 7.18. The van der Waals surface area contributed by atoms with Gasteiger partial charge in [-0.25, -0.2) is 13.6 Å². The lowest BCUT2D eigenvalue weighted by atomic mass is 10.0. The van der Waals surface area contributed by atoms with Gasteiger partial charge in [-0.1, -0.05) is 49.4 Å². The van der Waals surface area contributed by atoms with Crippen molar-refractivity contribution in [3.05, 3.63) is 71.8 Å². The molecule has 3 N–H and O–H groups in total. The normalized spacial score (nSPS) is 12.0. The molecule has 0 bridgehead atoms. The van der Waals surface area contributed by atoms with Crippen LogP contribution >= 0.6 is 0 Å². The van der Waals surface area contributed by atoms with E-state index in [2.05, 4.69) is 5.32 Å². The van der Waals surface area contributed by atoms with Crippen molar-refractivity contribution in [1.82, 2.24) is 5.32 Å². The molecule has 0 saturated heterocycles. The van der Waals surface area contributed by atoms with Gasteiger partial charge in [0, 0.05) is 12.6 Å². The van der Waals surface area contributed by atoms with Crippen LogP contribution in [0.1, 0.15) is 24.5 Å². The number of nitrogens with two attached hydrogens (primary N) is 1. The predicted molar refractivity (Wildman–Crippen MR) is 99.2 cm³/mol. The van der Waals surface area contributed by atoms with Gasteiger partial charge in [0.2, 0.25) is 15.9 Å². The van der Waals surface area contributed by atoms with Crippen LogP contribution in [-0.2, 0) is 21.2 Å². The summed E-state index contributed by atoms with van der Waals surface area (Å²) in [4.78, 5) is 12.2. The molecule has 5 nitrogen and oxygen atoms in total. The van der Waals surface area contributed by atoms with Gasteiger partial charge in [-0.3, -0.25) is 4.79 Å². The molecule has 0 heterocycles. The Labute approximate surface area is 148 Å². The number of sulfonamides is 1. The van der Waals surface area contributed by atoms with Crippen molar-refractivity contribution < 1.29 is 13.2 Å². The van der Waals surface area contributed by atoms with Crippen LogP contribution in [0.25, 0.3) is 5.57 Å². The Bertz CT molecular complexity index is 842. The number of amides is 1. The standard InChI is InChI=1S/C19H22N2O3S/c1-2-16(17-6-4-3-5-7-17)14-19(22)21-13-12-15-8-10-18(11-9-15)25(20,23)24/h3-11,14H,2,12-13H2,1H3,(H,21,22)(H2,20,23,24)/b16-14+. The van der Waals surface area contributed by atoms with E-state index in [0.717, 1.165) is 23.1 Å². The monoisotopic (exact) mass is 358 g/mol. The van der Waals surface area contributed by atoms with Gasteiger partial charge in [-0.2, -0.15) is 0 Å². The molecule has 0 radical (unpaired) electrons. The molecule has 6 heteroatoms. The minimum absolute atomic E-state index is 0.0821. The second kappa shape index (κ2) is 8.60. The maximum absolute atomic E-state index is 12.1. The molecule has 0 atom stereocenters. The van der Waals surface area contributed by atoms with E-state index in [1.807, 2.05) is 37.3 Å². The van der Waals surface area contributed by atoms with Crippen molar-refractivity contribution in [1.29, 1.82) is 0 Å². The van der Waals surface area contributed by atoms with Gasteiger partial charge in [0.1, 0.15) is 0 Å². The summed E-state index contributed by atoms with van der Waals surface area (Å²) >= 11 is 0. The fraction of sp³-hybridized carbons (Fsp3) is 0.211. The van der Waals surface area contributed by atoms with Gasteiger partial charge in [-0.05, 0) is 41.7 Å². The average molecular weight is 358 g/mol. The van der Waals surface area contributed by atoms with Crippen LogP contribution in [0.15, 0.2) is 65.6 Å².